The van der Waals surface area contributed by atoms with Crippen molar-refractivity contribution in [3.8, 4) is 11.6 Å². The fraction of sp³-hybridized carbons (Fsp3) is 0.133. The van der Waals surface area contributed by atoms with E-state index < -0.39 is 22.5 Å². The highest BCUT2D eigenvalue weighted by Crippen LogP contribution is 2.35. The van der Waals surface area contributed by atoms with Crippen molar-refractivity contribution >= 4 is 49.8 Å². The zero-order valence-corrected chi connectivity index (χ0v) is 23.8. The summed E-state index contributed by atoms with van der Waals surface area (Å²) in [6.45, 7) is -0.201. The van der Waals surface area contributed by atoms with E-state index in [0.717, 1.165) is 22.8 Å². The van der Waals surface area contributed by atoms with Gasteiger partial charge in [-0.3, -0.25) is 14.1 Å². The van der Waals surface area contributed by atoms with Crippen LogP contribution in [0.5, 0.6) is 11.6 Å². The highest BCUT2D eigenvalue weighted by atomic mass is 35.5. The Kier molecular flexibility index (Phi) is 8.80. The maximum absolute atomic E-state index is 13.7. The van der Waals surface area contributed by atoms with Crippen molar-refractivity contribution in [3.05, 3.63) is 108 Å². The molecule has 0 aliphatic carbocycles. The zero-order valence-electron chi connectivity index (χ0n) is 22.2. The Morgan fingerprint density at radius 2 is 1.71 bits per heavy atom. The number of halogens is 1. The maximum atomic E-state index is 13.7. The summed E-state index contributed by atoms with van der Waals surface area (Å²) in [4.78, 5) is 19.9. The number of rotatable bonds is 11. The highest BCUT2D eigenvalue weighted by molar-refractivity contribution is 7.92. The monoisotopic (exact) mass is 603 g/mol. The number of aromatic amines is 1. The Hall–Kier alpha value is -4.74. The first-order valence-corrected chi connectivity index (χ1v) is 14.8. The Balaban J connectivity index is 1.31. The van der Waals surface area contributed by atoms with Gasteiger partial charge in [0.1, 0.15) is 12.3 Å². The van der Waals surface area contributed by atoms with E-state index in [9.17, 15) is 18.3 Å². The van der Waals surface area contributed by atoms with Gasteiger partial charge in [-0.25, -0.2) is 8.42 Å². The van der Waals surface area contributed by atoms with Gasteiger partial charge in [0.2, 0.25) is 5.88 Å². The number of nitrogens with one attached hydrogen (secondary N) is 1. The molecule has 2 N–H and O–H groups in total. The number of para-hydroxylation sites is 1. The van der Waals surface area contributed by atoms with Crippen LogP contribution in [0.1, 0.15) is 12.1 Å². The summed E-state index contributed by atoms with van der Waals surface area (Å²) in [7, 11) is -4.21. The number of aromatic hydroxyl groups is 1. The number of anilines is 1. The Morgan fingerprint density at radius 3 is 2.45 bits per heavy atom. The number of hydrogen-bond donors (Lipinski definition) is 2. The van der Waals surface area contributed by atoms with E-state index in [2.05, 4.69) is 20.2 Å². The summed E-state index contributed by atoms with van der Waals surface area (Å²) in [5, 5.41) is 18.8. The smallest absolute Gasteiger partial charge is 0.285 e. The molecule has 1 amide bonds. The third kappa shape index (κ3) is 6.76. The lowest BCUT2D eigenvalue weighted by Crippen LogP contribution is -2.35. The van der Waals surface area contributed by atoms with Crippen molar-refractivity contribution in [1.82, 2.24) is 9.97 Å². The van der Waals surface area contributed by atoms with E-state index in [1.807, 2.05) is 18.2 Å². The van der Waals surface area contributed by atoms with Crippen molar-refractivity contribution in [1.29, 1.82) is 0 Å². The number of pyridine rings is 1. The van der Waals surface area contributed by atoms with Gasteiger partial charge < -0.3 is 14.8 Å². The van der Waals surface area contributed by atoms with Gasteiger partial charge in [0.05, 0.1) is 22.7 Å². The van der Waals surface area contributed by atoms with Crippen LogP contribution >= 0.6 is 11.6 Å². The van der Waals surface area contributed by atoms with Crippen molar-refractivity contribution < 1.29 is 23.1 Å². The minimum atomic E-state index is -4.21. The molecule has 0 spiro atoms. The van der Waals surface area contributed by atoms with Gasteiger partial charge in [-0.15, -0.1) is 10.2 Å². The average molecular weight is 604 g/mol. The molecule has 0 radical (unpaired) electrons. The molecule has 3 aromatic carbocycles. The number of azo groups is 1. The molecule has 0 bridgehead atoms. The number of aryl methyl sites for hydroxylation is 1. The van der Waals surface area contributed by atoms with E-state index in [4.69, 9.17) is 16.3 Å². The van der Waals surface area contributed by atoms with Crippen LogP contribution in [0.4, 0.5) is 11.4 Å². The normalized spacial score (nSPS) is 11.6. The molecule has 0 saturated carbocycles. The topological polar surface area (TPSA) is 137 Å². The van der Waals surface area contributed by atoms with Gasteiger partial charge in [0.15, 0.2) is 5.69 Å². The summed E-state index contributed by atoms with van der Waals surface area (Å²) in [5.41, 5.74) is 1.88. The number of hydrogen-bond acceptors (Lipinski definition) is 7. The van der Waals surface area contributed by atoms with Crippen LogP contribution in [0.2, 0.25) is 5.02 Å². The van der Waals surface area contributed by atoms with Crippen LogP contribution in [-0.2, 0) is 21.2 Å². The van der Waals surface area contributed by atoms with E-state index >= 15 is 0 Å². The summed E-state index contributed by atoms with van der Waals surface area (Å²) in [5.74, 6) is -0.587. The predicted octanol–water partition coefficient (Wildman–Crippen LogP) is 6.44. The van der Waals surface area contributed by atoms with Crippen LogP contribution < -0.4 is 9.04 Å². The standard InChI is InChI=1S/C30H26ClN5O5S/c31-21-10-12-23(13-11-21)36(20-28(37)34-35-29-26-8-1-2-9-27(26)33-30(29)38)42(39,40)25-16-14-24(15-17-25)41-19-5-7-22-6-3-4-18-32-22/h1-4,6,8-18,33,38H,5,7,19-20H2. The van der Waals surface area contributed by atoms with Gasteiger partial charge in [0, 0.05) is 22.3 Å². The first kappa shape index (κ1) is 28.8. The third-order valence-corrected chi connectivity index (χ3v) is 8.34. The number of H-pyrrole nitrogens is 1. The number of ether oxygens (including phenoxy) is 1. The summed E-state index contributed by atoms with van der Waals surface area (Å²) in [6, 6.07) is 24.7. The first-order valence-electron chi connectivity index (χ1n) is 13.0. The second kappa shape index (κ2) is 12.8. The number of carbonyl (C=O) groups excluding carboxylic acids is 1. The average Bonchev–Trinajstić information content (AvgIpc) is 3.33. The molecule has 0 atom stereocenters. The van der Waals surface area contributed by atoms with Crippen molar-refractivity contribution in [2.75, 3.05) is 17.5 Å². The molecule has 5 aromatic rings. The second-order valence-electron chi connectivity index (χ2n) is 9.19. The molecule has 12 heteroatoms. The van der Waals surface area contributed by atoms with E-state index in [-0.39, 0.29) is 22.2 Å². The number of amides is 1. The molecule has 214 valence electrons. The number of aromatic nitrogens is 2. The van der Waals surface area contributed by atoms with E-state index in [0.29, 0.717) is 28.3 Å². The van der Waals surface area contributed by atoms with Gasteiger partial charge in [-0.1, -0.05) is 35.9 Å². The first-order chi connectivity index (χ1) is 20.3. The van der Waals surface area contributed by atoms with Crippen LogP contribution in [0.15, 0.2) is 112 Å². The lowest BCUT2D eigenvalue weighted by atomic mass is 10.2. The molecule has 0 aliphatic heterocycles. The molecule has 0 aliphatic rings. The molecular formula is C30H26ClN5O5S. The number of sulfonamides is 1. The molecular weight excluding hydrogens is 578 g/mol. The van der Waals surface area contributed by atoms with E-state index in [1.165, 1.54) is 36.4 Å². The molecule has 10 nitrogen and oxygen atoms in total. The van der Waals surface area contributed by atoms with Crippen LogP contribution in [0, 0.1) is 0 Å². The predicted molar refractivity (Wildman–Crippen MR) is 160 cm³/mol. The van der Waals surface area contributed by atoms with Crippen molar-refractivity contribution in [3.63, 3.8) is 0 Å². The van der Waals surface area contributed by atoms with Crippen LogP contribution in [-0.4, -0.2) is 42.6 Å². The van der Waals surface area contributed by atoms with E-state index in [1.54, 1.807) is 42.6 Å². The van der Waals surface area contributed by atoms with Crippen molar-refractivity contribution in [2.24, 2.45) is 10.2 Å². The van der Waals surface area contributed by atoms with Crippen molar-refractivity contribution in [2.45, 2.75) is 17.7 Å². The lowest BCUT2D eigenvalue weighted by molar-refractivity contribution is -0.116. The maximum Gasteiger partial charge on any atom is 0.285 e. The fourth-order valence-electron chi connectivity index (χ4n) is 4.22. The third-order valence-electron chi connectivity index (χ3n) is 6.30. The Bertz CT molecular complexity index is 1810. The van der Waals surface area contributed by atoms with Gasteiger partial charge >= 0.3 is 0 Å². The second-order valence-corrected chi connectivity index (χ2v) is 11.5. The molecule has 5 rings (SSSR count). The minimum absolute atomic E-state index is 0.0442. The SMILES string of the molecule is O=C(CN(c1ccc(Cl)cc1)S(=O)(=O)c1ccc(OCCCc2ccccn2)cc1)N=Nc1c(O)[nH]c2ccccc12. The molecule has 2 heterocycles. The largest absolute Gasteiger partial charge is 0.494 e. The molecule has 2 aromatic heterocycles. The quantitative estimate of drug-likeness (QED) is 0.132. The number of carbonyl (C=O) groups is 1. The van der Waals surface area contributed by atoms with Gasteiger partial charge in [-0.05, 0) is 79.6 Å². The fourth-order valence-corrected chi connectivity index (χ4v) is 5.76. The van der Waals surface area contributed by atoms with Gasteiger partial charge in [-0.2, -0.15) is 0 Å². The molecule has 0 unspecified atom stereocenters. The van der Waals surface area contributed by atoms with Crippen LogP contribution in [0.3, 0.4) is 0 Å². The summed E-state index contributed by atoms with van der Waals surface area (Å²) >= 11 is 6.01. The lowest BCUT2D eigenvalue weighted by Gasteiger charge is -2.23. The number of nitrogens with zero attached hydrogens (tertiary/aromatic N) is 4. The van der Waals surface area contributed by atoms with Gasteiger partial charge in [0.25, 0.3) is 15.9 Å². The zero-order chi connectivity index (χ0) is 29.5. The number of fused-ring (bicyclic) bond motifs is 1. The Morgan fingerprint density at radius 1 is 0.976 bits per heavy atom. The summed E-state index contributed by atoms with van der Waals surface area (Å²) < 4.78 is 34.1. The molecule has 0 saturated heterocycles. The summed E-state index contributed by atoms with van der Waals surface area (Å²) in [6.07, 6.45) is 3.25. The minimum Gasteiger partial charge on any atom is -0.494 e. The van der Waals surface area contributed by atoms with Crippen LogP contribution in [0.25, 0.3) is 10.9 Å². The highest BCUT2D eigenvalue weighted by Gasteiger charge is 2.27. The number of benzene rings is 3. The molecule has 0 fully saturated rings. The molecule has 42 heavy (non-hydrogen) atoms. The Labute approximate surface area is 247 Å².